The fourth-order valence-corrected chi connectivity index (χ4v) is 6.45. The summed E-state index contributed by atoms with van der Waals surface area (Å²) in [5.74, 6) is -3.17. The number of para-hydroxylation sites is 1. The smallest absolute Gasteiger partial charge is 0.347 e. The van der Waals surface area contributed by atoms with Crippen LogP contribution in [0, 0.1) is 0 Å². The molecule has 0 aliphatic carbocycles. The Hall–Kier alpha value is -3.91. The van der Waals surface area contributed by atoms with Crippen LogP contribution in [0.4, 0.5) is 0 Å². The van der Waals surface area contributed by atoms with Gasteiger partial charge in [0.1, 0.15) is 23.4 Å². The number of nitrogens with one attached hydrogen (secondary N) is 4. The highest BCUT2D eigenvalue weighted by Gasteiger charge is 2.78. The number of carbonyl (C=O) groups is 3. The molecule has 202 valence electrons. The van der Waals surface area contributed by atoms with E-state index in [0.29, 0.717) is 12.2 Å². The predicted molar refractivity (Wildman–Crippen MR) is 130 cm³/mol. The van der Waals surface area contributed by atoms with Gasteiger partial charge in [0.2, 0.25) is 11.8 Å². The van der Waals surface area contributed by atoms with Crippen molar-refractivity contribution in [2.24, 2.45) is 11.5 Å². The maximum absolute atomic E-state index is 13.4. The van der Waals surface area contributed by atoms with E-state index in [1.165, 1.54) is 4.58 Å². The quantitative estimate of drug-likeness (QED) is 0.106. The van der Waals surface area contributed by atoms with Crippen molar-refractivity contribution >= 4 is 29.6 Å². The second kappa shape index (κ2) is 7.80. The van der Waals surface area contributed by atoms with Gasteiger partial charge in [-0.1, -0.05) is 12.1 Å². The summed E-state index contributed by atoms with van der Waals surface area (Å²) in [7, 11) is 0. The van der Waals surface area contributed by atoms with E-state index < -0.39 is 41.1 Å². The molecule has 1 unspecified atom stereocenters. The summed E-state index contributed by atoms with van der Waals surface area (Å²) in [5, 5.41) is 32.1. The molecule has 0 radical (unpaired) electrons. The molecule has 0 bridgehead atoms. The fourth-order valence-electron chi connectivity index (χ4n) is 6.45. The Labute approximate surface area is 217 Å². The molecular formula is C24H32N8O6+2. The summed E-state index contributed by atoms with van der Waals surface area (Å²) < 4.78 is 7.51. The first-order valence-electron chi connectivity index (χ1n) is 12.6. The molecule has 3 amide bonds. The van der Waals surface area contributed by atoms with E-state index in [-0.39, 0.29) is 55.2 Å². The average Bonchev–Trinajstić information content (AvgIpc) is 3.52. The number of rotatable bonds is 4. The third-order valence-electron chi connectivity index (χ3n) is 8.13. The lowest BCUT2D eigenvalue weighted by molar-refractivity contribution is -0.674. The first-order chi connectivity index (χ1) is 17.8. The number of carbonyl (C=O) groups excluding carboxylic acids is 3. The Morgan fingerprint density at radius 1 is 1.26 bits per heavy atom. The first kappa shape index (κ1) is 24.4. The average molecular weight is 529 g/mol. The van der Waals surface area contributed by atoms with Gasteiger partial charge in [-0.3, -0.25) is 41.1 Å². The van der Waals surface area contributed by atoms with Crippen molar-refractivity contribution in [1.82, 2.24) is 20.9 Å². The summed E-state index contributed by atoms with van der Waals surface area (Å²) in [6.45, 7) is 3.73. The van der Waals surface area contributed by atoms with Gasteiger partial charge in [-0.15, -0.1) is 0 Å². The van der Waals surface area contributed by atoms with E-state index in [4.69, 9.17) is 16.2 Å². The summed E-state index contributed by atoms with van der Waals surface area (Å²) in [4.78, 5) is 42.1. The van der Waals surface area contributed by atoms with Crippen molar-refractivity contribution in [3.05, 3.63) is 29.3 Å². The molecule has 10 N–H and O–H groups in total. The van der Waals surface area contributed by atoms with Gasteiger partial charge in [0.05, 0.1) is 18.7 Å². The van der Waals surface area contributed by atoms with Crippen molar-refractivity contribution in [3.63, 3.8) is 0 Å². The second-order valence-corrected chi connectivity index (χ2v) is 11.2. The zero-order chi connectivity index (χ0) is 27.2. The highest BCUT2D eigenvalue weighted by Crippen LogP contribution is 2.40. The van der Waals surface area contributed by atoms with E-state index >= 15 is 0 Å². The van der Waals surface area contributed by atoms with E-state index in [1.54, 1.807) is 12.1 Å². The maximum atomic E-state index is 13.4. The number of aliphatic hydroxyl groups is 2. The topological polar surface area (TPSA) is 209 Å². The summed E-state index contributed by atoms with van der Waals surface area (Å²) in [5.41, 5.74) is 11.4. The minimum atomic E-state index is -2.59. The summed E-state index contributed by atoms with van der Waals surface area (Å²) >= 11 is 0. The molecule has 38 heavy (non-hydrogen) atoms. The number of ether oxygens (including phenoxy) is 1. The second-order valence-electron chi connectivity index (χ2n) is 11.2. The van der Waals surface area contributed by atoms with Crippen LogP contribution < -0.4 is 37.1 Å². The number of imide groups is 1. The summed E-state index contributed by atoms with van der Waals surface area (Å²) in [6, 6.07) is 2.50. The molecule has 0 saturated carbocycles. The highest BCUT2D eigenvalue weighted by molar-refractivity contribution is 6.02. The number of nitrogens with zero attached hydrogens (tertiary/aromatic N) is 2. The maximum Gasteiger partial charge on any atom is 0.347 e. The van der Waals surface area contributed by atoms with E-state index in [1.807, 2.05) is 19.9 Å². The normalized spacial score (nSPS) is 32.2. The molecule has 2 saturated heterocycles. The number of hydrogen-bond acceptors (Lipinski definition) is 10. The fraction of sp³-hybridized carbons (Fsp3) is 0.542. The van der Waals surface area contributed by atoms with Crippen LogP contribution in [0.3, 0.4) is 0 Å². The van der Waals surface area contributed by atoms with Gasteiger partial charge < -0.3 is 20.3 Å². The standard InChI is InChI=1S/C24H30N8O6/c1-22(2)8-11-4-3-5-12(17(11)38-22)19(35)28-14-10-32-21(26)27-13(9-31-15(33)6-7-16(31)34)18-23(32,24(14,36)37)30-20(25)29-18/h3-5,13-14,18,36-37H,6-10H2,1-2H3,(H6,25,26,27,28,29,30,35)/p+2/t13-,14?,18-,23-/m0/s1. The van der Waals surface area contributed by atoms with E-state index in [2.05, 4.69) is 20.9 Å². The van der Waals surface area contributed by atoms with Crippen LogP contribution in [-0.2, 0) is 16.0 Å². The number of nitrogens with two attached hydrogens (primary N) is 2. The van der Waals surface area contributed by atoms with Crippen LogP contribution in [-0.4, -0.2) is 97.6 Å². The van der Waals surface area contributed by atoms with Crippen molar-refractivity contribution in [3.8, 4) is 5.75 Å². The molecular weight excluding hydrogens is 496 g/mol. The zero-order valence-corrected chi connectivity index (χ0v) is 21.1. The van der Waals surface area contributed by atoms with Crippen molar-refractivity contribution < 1.29 is 38.9 Å². The third-order valence-corrected chi connectivity index (χ3v) is 8.13. The van der Waals surface area contributed by atoms with Gasteiger partial charge in [-0.05, 0) is 25.5 Å². The van der Waals surface area contributed by atoms with Gasteiger partial charge in [0.15, 0.2) is 6.04 Å². The Kier molecular flexibility index (Phi) is 5.01. The van der Waals surface area contributed by atoms with Crippen LogP contribution in [0.2, 0.25) is 0 Å². The summed E-state index contributed by atoms with van der Waals surface area (Å²) in [6.07, 6.45) is 0.879. The molecule has 2 fully saturated rings. The highest BCUT2D eigenvalue weighted by atomic mass is 16.5. The van der Waals surface area contributed by atoms with Crippen molar-refractivity contribution in [2.75, 3.05) is 13.1 Å². The minimum Gasteiger partial charge on any atom is -0.486 e. The van der Waals surface area contributed by atoms with Gasteiger partial charge in [0, 0.05) is 19.3 Å². The minimum absolute atomic E-state index is 0.0523. The van der Waals surface area contributed by atoms with E-state index in [0.717, 1.165) is 10.5 Å². The number of amides is 3. The molecule has 0 aromatic heterocycles. The zero-order valence-electron chi connectivity index (χ0n) is 21.1. The SMILES string of the molecule is CC1(C)Cc2cccc(C(=O)NC3C[N+]4=C(N)N[C@@H](CN5C(=O)CCC5=O)[C@@H]5[NH+]=C(N)N[C@@]54C3(O)O)c2O1. The van der Waals surface area contributed by atoms with Crippen molar-refractivity contribution in [1.29, 1.82) is 0 Å². The van der Waals surface area contributed by atoms with E-state index in [9.17, 15) is 24.6 Å². The molecule has 14 heteroatoms. The Morgan fingerprint density at radius 3 is 2.68 bits per heavy atom. The van der Waals surface area contributed by atoms with Crippen LogP contribution in [0.1, 0.15) is 42.6 Å². The first-order valence-corrected chi connectivity index (χ1v) is 12.6. The third kappa shape index (κ3) is 3.29. The molecule has 5 heterocycles. The molecule has 1 aromatic rings. The number of benzene rings is 1. The Balaban J connectivity index is 1.31. The number of hydrogen-bond donors (Lipinski definition) is 8. The molecule has 4 atom stereocenters. The van der Waals surface area contributed by atoms with Gasteiger partial charge in [-0.25, -0.2) is 9.89 Å². The monoisotopic (exact) mass is 528 g/mol. The van der Waals surface area contributed by atoms with Crippen LogP contribution in [0.25, 0.3) is 0 Å². The lowest BCUT2D eigenvalue weighted by atomic mass is 9.85. The van der Waals surface area contributed by atoms with Gasteiger partial charge in [0.25, 0.3) is 17.4 Å². The lowest BCUT2D eigenvalue weighted by Gasteiger charge is -2.41. The molecule has 6 rings (SSSR count). The molecule has 5 aliphatic heterocycles. The Bertz CT molecular complexity index is 1320. The largest absolute Gasteiger partial charge is 0.486 e. The predicted octanol–water partition coefficient (Wildman–Crippen LogP) is -5.30. The van der Waals surface area contributed by atoms with Crippen LogP contribution >= 0.6 is 0 Å². The molecule has 14 nitrogen and oxygen atoms in total. The van der Waals surface area contributed by atoms with Crippen LogP contribution in [0.15, 0.2) is 18.2 Å². The number of likely N-dealkylation sites (tertiary alicyclic amines) is 1. The molecule has 5 aliphatic rings. The molecule has 1 aromatic carbocycles. The van der Waals surface area contributed by atoms with Gasteiger partial charge in [-0.2, -0.15) is 0 Å². The molecule has 1 spiro atoms. The lowest BCUT2D eigenvalue weighted by Crippen LogP contribution is -2.92. The van der Waals surface area contributed by atoms with Crippen molar-refractivity contribution in [2.45, 2.75) is 68.3 Å². The number of fused-ring (bicyclic) bond motifs is 1. The number of guanidine groups is 2. The van der Waals surface area contributed by atoms with Gasteiger partial charge >= 0.3 is 11.9 Å². The van der Waals surface area contributed by atoms with Crippen LogP contribution in [0.5, 0.6) is 5.75 Å². The Morgan fingerprint density at radius 2 is 1.97 bits per heavy atom.